The number of benzene rings is 1. The van der Waals surface area contributed by atoms with Crippen molar-refractivity contribution < 1.29 is 9.78 Å². The zero-order chi connectivity index (χ0) is 13.2. The van der Waals surface area contributed by atoms with E-state index in [1.165, 1.54) is 11.3 Å². The Balaban J connectivity index is 2.11. The number of hydrogen-bond acceptors (Lipinski definition) is 3. The fraction of sp³-hybridized carbons (Fsp3) is 0.214. The summed E-state index contributed by atoms with van der Waals surface area (Å²) in [6.45, 7) is 2.75. The molecule has 0 fully saturated rings. The van der Waals surface area contributed by atoms with E-state index in [9.17, 15) is 4.79 Å². The number of thiazole rings is 1. The van der Waals surface area contributed by atoms with Crippen LogP contribution in [0.2, 0.25) is 0 Å². The Morgan fingerprint density at radius 1 is 1.32 bits per heavy atom. The Kier molecular flexibility index (Phi) is 3.13. The van der Waals surface area contributed by atoms with E-state index >= 15 is 0 Å². The van der Waals surface area contributed by atoms with E-state index in [1.54, 1.807) is 4.90 Å². The fourth-order valence-electron chi connectivity index (χ4n) is 2.20. The predicted octanol–water partition coefficient (Wildman–Crippen LogP) is 2.51. The number of nitrogens with zero attached hydrogens (tertiary/aromatic N) is 2. The van der Waals surface area contributed by atoms with Gasteiger partial charge >= 0.3 is 5.13 Å². The van der Waals surface area contributed by atoms with Crippen molar-refractivity contribution in [1.29, 1.82) is 0 Å². The molecule has 0 spiro atoms. The molecule has 1 aliphatic heterocycles. The Labute approximate surface area is 115 Å². The van der Waals surface area contributed by atoms with Crippen molar-refractivity contribution >= 4 is 28.2 Å². The minimum atomic E-state index is 0.0488. The van der Waals surface area contributed by atoms with Gasteiger partial charge in [-0.3, -0.25) is 9.69 Å². The van der Waals surface area contributed by atoms with Gasteiger partial charge < -0.3 is 0 Å². The summed E-state index contributed by atoms with van der Waals surface area (Å²) in [6.07, 6.45) is 2.75. The number of carbonyl (C=O) groups excluding carboxylic acids is 1. The lowest BCUT2D eigenvalue weighted by Gasteiger charge is -2.11. The smallest absolute Gasteiger partial charge is 0.271 e. The standard InChI is InChI=1S/C14H13N3OS/c1-2-8-17-12(16-14-15-7-9-19-14)10-5-3-4-6-11(10)13(17)18/h3-7,9H,2,8H2,1H3/p+1. The number of H-pyrrole nitrogens is 1. The summed E-state index contributed by atoms with van der Waals surface area (Å²) < 4.78 is 0. The normalized spacial score (nSPS) is 16.2. The number of aromatic amines is 1. The number of hydrogen-bond donors (Lipinski definition) is 0. The molecule has 0 atom stereocenters. The monoisotopic (exact) mass is 272 g/mol. The summed E-state index contributed by atoms with van der Waals surface area (Å²) in [5.74, 6) is 0.800. The Morgan fingerprint density at radius 3 is 2.79 bits per heavy atom. The summed E-state index contributed by atoms with van der Waals surface area (Å²) in [4.78, 5) is 21.8. The van der Waals surface area contributed by atoms with Gasteiger partial charge in [0.15, 0.2) is 0 Å². The number of amides is 1. The van der Waals surface area contributed by atoms with Crippen molar-refractivity contribution in [3.05, 3.63) is 47.0 Å². The van der Waals surface area contributed by atoms with Crippen molar-refractivity contribution in [2.75, 3.05) is 6.54 Å². The summed E-state index contributed by atoms with van der Waals surface area (Å²) in [7, 11) is 0. The summed E-state index contributed by atoms with van der Waals surface area (Å²) in [6, 6.07) is 7.65. The number of amidine groups is 1. The van der Waals surface area contributed by atoms with E-state index in [1.807, 2.05) is 35.8 Å². The van der Waals surface area contributed by atoms with E-state index in [0.717, 1.165) is 28.5 Å². The van der Waals surface area contributed by atoms with Crippen molar-refractivity contribution in [2.45, 2.75) is 13.3 Å². The second-order valence-electron chi connectivity index (χ2n) is 4.31. The minimum Gasteiger partial charge on any atom is -0.271 e. The molecule has 3 rings (SSSR count). The average Bonchev–Trinajstić information content (AvgIpc) is 3.02. The highest BCUT2D eigenvalue weighted by Crippen LogP contribution is 2.25. The van der Waals surface area contributed by atoms with Crippen LogP contribution in [0.5, 0.6) is 0 Å². The summed E-state index contributed by atoms with van der Waals surface area (Å²) in [5, 5.41) is 2.74. The molecule has 2 aromatic rings. The molecule has 1 amide bonds. The van der Waals surface area contributed by atoms with Crippen molar-refractivity contribution in [1.82, 2.24) is 4.90 Å². The maximum Gasteiger partial charge on any atom is 0.382 e. The van der Waals surface area contributed by atoms with Crippen LogP contribution in [0.1, 0.15) is 29.3 Å². The van der Waals surface area contributed by atoms with Gasteiger partial charge in [0, 0.05) is 11.9 Å². The Morgan fingerprint density at radius 2 is 2.11 bits per heavy atom. The van der Waals surface area contributed by atoms with Crippen LogP contribution in [0.25, 0.3) is 0 Å². The SMILES string of the molecule is CCCN1C(=O)c2ccccc2C1=Nc1[nH+]ccs1. The van der Waals surface area contributed by atoms with Crippen LogP contribution in [0.3, 0.4) is 0 Å². The number of nitrogens with one attached hydrogen (secondary N) is 1. The lowest BCUT2D eigenvalue weighted by Crippen LogP contribution is -2.31. The highest BCUT2D eigenvalue weighted by molar-refractivity contribution is 7.12. The molecular weight excluding hydrogens is 258 g/mol. The third-order valence-electron chi connectivity index (χ3n) is 3.01. The fourth-order valence-corrected chi connectivity index (χ4v) is 2.74. The number of fused-ring (bicyclic) bond motifs is 1. The highest BCUT2D eigenvalue weighted by atomic mass is 32.1. The zero-order valence-electron chi connectivity index (χ0n) is 10.6. The largest absolute Gasteiger partial charge is 0.382 e. The maximum atomic E-state index is 12.4. The number of aliphatic imine (C=N–C) groups is 1. The van der Waals surface area contributed by atoms with Gasteiger partial charge in [-0.15, -0.1) is 0 Å². The van der Waals surface area contributed by atoms with Gasteiger partial charge in [-0.1, -0.05) is 30.4 Å². The molecule has 2 heterocycles. The lowest BCUT2D eigenvalue weighted by molar-refractivity contribution is -0.356. The molecular formula is C14H14N3OS+. The van der Waals surface area contributed by atoms with Crippen LogP contribution < -0.4 is 4.98 Å². The van der Waals surface area contributed by atoms with Crippen LogP contribution >= 0.6 is 11.3 Å². The molecule has 0 radical (unpaired) electrons. The van der Waals surface area contributed by atoms with Crippen LogP contribution in [0, 0.1) is 0 Å². The van der Waals surface area contributed by atoms with Crippen LogP contribution in [0.15, 0.2) is 40.8 Å². The molecule has 1 aromatic heterocycles. The van der Waals surface area contributed by atoms with E-state index in [-0.39, 0.29) is 5.91 Å². The third kappa shape index (κ3) is 2.06. The molecule has 1 aromatic carbocycles. The summed E-state index contributed by atoms with van der Waals surface area (Å²) >= 11 is 1.52. The molecule has 4 nitrogen and oxygen atoms in total. The van der Waals surface area contributed by atoms with Crippen molar-refractivity contribution in [2.24, 2.45) is 4.99 Å². The Bertz CT molecular complexity index is 634. The average molecular weight is 272 g/mol. The maximum absolute atomic E-state index is 12.4. The van der Waals surface area contributed by atoms with Gasteiger partial charge in [0.25, 0.3) is 11.7 Å². The molecule has 19 heavy (non-hydrogen) atoms. The first-order chi connectivity index (χ1) is 9.31. The van der Waals surface area contributed by atoms with Crippen molar-refractivity contribution in [3.63, 3.8) is 0 Å². The quantitative estimate of drug-likeness (QED) is 0.846. The lowest BCUT2D eigenvalue weighted by atomic mass is 10.1. The summed E-state index contributed by atoms with van der Waals surface area (Å²) in [5.41, 5.74) is 1.66. The van der Waals surface area contributed by atoms with Gasteiger partial charge in [-0.25, -0.2) is 4.98 Å². The van der Waals surface area contributed by atoms with E-state index < -0.39 is 0 Å². The molecule has 0 aliphatic carbocycles. The Hall–Kier alpha value is -2.01. The highest BCUT2D eigenvalue weighted by Gasteiger charge is 2.36. The van der Waals surface area contributed by atoms with Crippen molar-refractivity contribution in [3.8, 4) is 0 Å². The molecule has 0 saturated heterocycles. The van der Waals surface area contributed by atoms with E-state index in [2.05, 4.69) is 16.9 Å². The second kappa shape index (κ2) is 4.93. The molecule has 0 unspecified atom stereocenters. The molecule has 5 heteroatoms. The van der Waals surface area contributed by atoms with Crippen LogP contribution in [-0.2, 0) is 0 Å². The number of rotatable bonds is 3. The van der Waals surface area contributed by atoms with Crippen LogP contribution in [-0.4, -0.2) is 23.2 Å². The zero-order valence-corrected chi connectivity index (χ0v) is 11.4. The number of carbonyl (C=O) groups is 1. The molecule has 0 saturated carbocycles. The minimum absolute atomic E-state index is 0.0488. The number of aromatic nitrogens is 1. The first-order valence-electron chi connectivity index (χ1n) is 6.26. The van der Waals surface area contributed by atoms with Gasteiger partial charge in [-0.2, -0.15) is 0 Å². The topological polar surface area (TPSA) is 46.8 Å². The molecule has 0 bridgehead atoms. The van der Waals surface area contributed by atoms with Gasteiger partial charge in [-0.05, 0) is 23.5 Å². The molecule has 96 valence electrons. The predicted molar refractivity (Wildman–Crippen MR) is 74.8 cm³/mol. The van der Waals surface area contributed by atoms with E-state index in [4.69, 9.17) is 0 Å². The first-order valence-corrected chi connectivity index (χ1v) is 7.14. The van der Waals surface area contributed by atoms with Crippen LogP contribution in [0.4, 0.5) is 5.13 Å². The van der Waals surface area contributed by atoms with Gasteiger partial charge in [0.05, 0.1) is 17.3 Å². The molecule has 1 N–H and O–H groups in total. The van der Waals surface area contributed by atoms with Gasteiger partial charge in [0.1, 0.15) is 0 Å². The van der Waals surface area contributed by atoms with Gasteiger partial charge in [0.2, 0.25) is 0 Å². The second-order valence-corrected chi connectivity index (χ2v) is 5.20. The van der Waals surface area contributed by atoms with E-state index in [0.29, 0.717) is 6.54 Å². The molecule has 1 aliphatic rings. The third-order valence-corrected chi connectivity index (χ3v) is 3.71. The first kappa shape index (κ1) is 12.0.